The Balaban J connectivity index is 2.59. The van der Waals surface area contributed by atoms with Gasteiger partial charge in [-0.15, -0.1) is 11.3 Å². The SMILES string of the molecule is C/C=C/c1cc2c(s1)[C@@H](O)[C@H](O)C[C@]2(O)C(=O)O. The van der Waals surface area contributed by atoms with Gasteiger partial charge in [-0.05, 0) is 19.1 Å². The number of carboxylic acid groups (broad SMARTS) is 1. The van der Waals surface area contributed by atoms with Gasteiger partial charge in [0.25, 0.3) is 0 Å². The first-order valence-corrected chi connectivity index (χ1v) is 6.30. The molecule has 98 valence electrons. The summed E-state index contributed by atoms with van der Waals surface area (Å²) in [5.41, 5.74) is -1.96. The summed E-state index contributed by atoms with van der Waals surface area (Å²) in [6.45, 7) is 1.81. The van der Waals surface area contributed by atoms with Crippen LogP contribution >= 0.6 is 11.3 Å². The third kappa shape index (κ3) is 1.87. The van der Waals surface area contributed by atoms with Gasteiger partial charge >= 0.3 is 5.97 Å². The van der Waals surface area contributed by atoms with Gasteiger partial charge in [0.05, 0.1) is 6.10 Å². The monoisotopic (exact) mass is 270 g/mol. The normalized spacial score (nSPS) is 31.6. The third-order valence-corrected chi connectivity index (χ3v) is 4.22. The molecule has 1 aromatic heterocycles. The summed E-state index contributed by atoms with van der Waals surface area (Å²) in [6.07, 6.45) is 0.687. The van der Waals surface area contributed by atoms with E-state index in [2.05, 4.69) is 0 Å². The molecule has 0 amide bonds. The molecule has 1 aliphatic rings. The molecule has 1 aliphatic carbocycles. The molecule has 18 heavy (non-hydrogen) atoms. The van der Waals surface area contributed by atoms with Crippen molar-refractivity contribution >= 4 is 23.4 Å². The van der Waals surface area contributed by atoms with Crippen molar-refractivity contribution in [2.24, 2.45) is 0 Å². The molecule has 0 aromatic carbocycles. The standard InChI is InChI=1S/C12H14O5S/c1-2-3-6-4-7-10(18-6)9(14)8(13)5-12(7,17)11(15)16/h2-4,8-9,13-14,17H,5H2,1H3,(H,15,16)/b3-2+/t8-,9+,12-/m1/s1. The van der Waals surface area contributed by atoms with E-state index in [-0.39, 0.29) is 5.56 Å². The fourth-order valence-corrected chi connectivity index (χ4v) is 3.37. The lowest BCUT2D eigenvalue weighted by molar-refractivity contribution is -0.168. The Bertz CT molecular complexity index is 507. The zero-order valence-corrected chi connectivity index (χ0v) is 10.5. The molecule has 1 aromatic rings. The van der Waals surface area contributed by atoms with E-state index in [1.54, 1.807) is 18.2 Å². The number of aliphatic hydroxyl groups is 3. The number of rotatable bonds is 2. The van der Waals surface area contributed by atoms with Crippen molar-refractivity contribution in [2.45, 2.75) is 31.2 Å². The second-order valence-corrected chi connectivity index (χ2v) is 5.42. The summed E-state index contributed by atoms with van der Waals surface area (Å²) in [5.74, 6) is -1.42. The zero-order chi connectivity index (χ0) is 13.5. The van der Waals surface area contributed by atoms with Gasteiger partial charge in [-0.25, -0.2) is 4.79 Å². The van der Waals surface area contributed by atoms with E-state index >= 15 is 0 Å². The number of fused-ring (bicyclic) bond motifs is 1. The molecule has 6 heteroatoms. The molecule has 0 aliphatic heterocycles. The molecule has 0 spiro atoms. The largest absolute Gasteiger partial charge is 0.479 e. The molecular weight excluding hydrogens is 256 g/mol. The minimum absolute atomic E-state index is 0.172. The number of aliphatic hydroxyl groups excluding tert-OH is 2. The number of aliphatic carboxylic acids is 1. The van der Waals surface area contributed by atoms with Crippen LogP contribution in [0.2, 0.25) is 0 Å². The summed E-state index contributed by atoms with van der Waals surface area (Å²) in [5, 5.41) is 38.8. The van der Waals surface area contributed by atoms with Crippen LogP contribution in [0, 0.1) is 0 Å². The fraction of sp³-hybridized carbons (Fsp3) is 0.417. The van der Waals surface area contributed by atoms with E-state index in [0.717, 1.165) is 4.88 Å². The molecule has 0 bridgehead atoms. The highest BCUT2D eigenvalue weighted by atomic mass is 32.1. The van der Waals surface area contributed by atoms with Crippen molar-refractivity contribution in [3.8, 4) is 0 Å². The Morgan fingerprint density at radius 1 is 1.56 bits per heavy atom. The Kier molecular flexibility index (Phi) is 3.29. The topological polar surface area (TPSA) is 98.0 Å². The van der Waals surface area contributed by atoms with Gasteiger partial charge < -0.3 is 20.4 Å². The van der Waals surface area contributed by atoms with E-state index in [0.29, 0.717) is 4.88 Å². The Labute approximate surface area is 108 Å². The first-order valence-electron chi connectivity index (χ1n) is 5.49. The van der Waals surface area contributed by atoms with Gasteiger partial charge in [-0.3, -0.25) is 0 Å². The summed E-state index contributed by atoms with van der Waals surface area (Å²) in [7, 11) is 0. The van der Waals surface area contributed by atoms with Gasteiger partial charge in [-0.1, -0.05) is 6.08 Å². The lowest BCUT2D eigenvalue weighted by atomic mass is 9.80. The van der Waals surface area contributed by atoms with Crippen molar-refractivity contribution in [2.75, 3.05) is 0 Å². The predicted octanol–water partition coefficient (Wildman–Crippen LogP) is 0.851. The Hall–Kier alpha value is -1.21. The minimum Gasteiger partial charge on any atom is -0.479 e. The summed E-state index contributed by atoms with van der Waals surface area (Å²) in [4.78, 5) is 12.2. The Morgan fingerprint density at radius 2 is 2.22 bits per heavy atom. The van der Waals surface area contributed by atoms with E-state index < -0.39 is 30.2 Å². The minimum atomic E-state index is -2.13. The highest BCUT2D eigenvalue weighted by molar-refractivity contribution is 7.13. The van der Waals surface area contributed by atoms with Crippen LogP contribution in [-0.4, -0.2) is 32.5 Å². The lowest BCUT2D eigenvalue weighted by Gasteiger charge is -2.34. The summed E-state index contributed by atoms with van der Waals surface area (Å²) >= 11 is 1.17. The quantitative estimate of drug-likeness (QED) is 0.638. The van der Waals surface area contributed by atoms with Gasteiger partial charge in [-0.2, -0.15) is 0 Å². The summed E-state index contributed by atoms with van der Waals surface area (Å²) < 4.78 is 0. The molecule has 0 radical (unpaired) electrons. The molecule has 1 heterocycles. The van der Waals surface area contributed by atoms with Crippen molar-refractivity contribution in [3.05, 3.63) is 27.5 Å². The van der Waals surface area contributed by atoms with Crippen molar-refractivity contribution in [1.29, 1.82) is 0 Å². The highest BCUT2D eigenvalue weighted by Gasteiger charge is 2.49. The number of hydrogen-bond donors (Lipinski definition) is 4. The van der Waals surface area contributed by atoms with Crippen LogP contribution in [0.1, 0.15) is 34.8 Å². The summed E-state index contributed by atoms with van der Waals surface area (Å²) in [6, 6.07) is 1.54. The van der Waals surface area contributed by atoms with Crippen molar-refractivity contribution in [1.82, 2.24) is 0 Å². The first kappa shape index (κ1) is 13.2. The van der Waals surface area contributed by atoms with Crippen molar-refractivity contribution < 1.29 is 25.2 Å². The molecule has 0 fully saturated rings. The molecule has 0 saturated heterocycles. The molecule has 2 rings (SSSR count). The fourth-order valence-electron chi connectivity index (χ4n) is 2.12. The number of carboxylic acids is 1. The number of allylic oxidation sites excluding steroid dienone is 1. The van der Waals surface area contributed by atoms with Crippen LogP contribution < -0.4 is 0 Å². The van der Waals surface area contributed by atoms with Gasteiger partial charge in [0.15, 0.2) is 5.60 Å². The van der Waals surface area contributed by atoms with Crippen LogP contribution in [0.3, 0.4) is 0 Å². The average Bonchev–Trinajstić information content (AvgIpc) is 2.71. The molecule has 0 unspecified atom stereocenters. The maximum Gasteiger partial charge on any atom is 0.340 e. The van der Waals surface area contributed by atoms with Crippen LogP contribution in [0.15, 0.2) is 12.1 Å². The smallest absolute Gasteiger partial charge is 0.340 e. The van der Waals surface area contributed by atoms with E-state index in [9.17, 15) is 20.1 Å². The van der Waals surface area contributed by atoms with Gasteiger partial charge in [0, 0.05) is 21.7 Å². The second kappa shape index (κ2) is 4.47. The zero-order valence-electron chi connectivity index (χ0n) is 9.70. The molecule has 4 N–H and O–H groups in total. The van der Waals surface area contributed by atoms with Crippen LogP contribution in [0.5, 0.6) is 0 Å². The van der Waals surface area contributed by atoms with Gasteiger partial charge in [0.1, 0.15) is 6.10 Å². The van der Waals surface area contributed by atoms with E-state index in [4.69, 9.17) is 5.11 Å². The number of thiophene rings is 1. The van der Waals surface area contributed by atoms with E-state index in [1.807, 2.05) is 6.92 Å². The molecule has 0 saturated carbocycles. The second-order valence-electron chi connectivity index (χ2n) is 4.31. The van der Waals surface area contributed by atoms with Crippen molar-refractivity contribution in [3.63, 3.8) is 0 Å². The van der Waals surface area contributed by atoms with E-state index in [1.165, 1.54) is 11.3 Å². The highest BCUT2D eigenvalue weighted by Crippen LogP contribution is 2.45. The molecule has 3 atom stereocenters. The number of hydrogen-bond acceptors (Lipinski definition) is 5. The first-order chi connectivity index (χ1) is 8.40. The van der Waals surface area contributed by atoms with Crippen LogP contribution in [0.25, 0.3) is 6.08 Å². The average molecular weight is 270 g/mol. The van der Waals surface area contributed by atoms with Crippen LogP contribution in [0.4, 0.5) is 0 Å². The van der Waals surface area contributed by atoms with Gasteiger partial charge in [0.2, 0.25) is 0 Å². The molecule has 5 nitrogen and oxygen atoms in total. The lowest BCUT2D eigenvalue weighted by Crippen LogP contribution is -2.44. The Morgan fingerprint density at radius 3 is 2.78 bits per heavy atom. The number of carbonyl (C=O) groups is 1. The molecular formula is C12H14O5S. The maximum absolute atomic E-state index is 11.2. The predicted molar refractivity (Wildman–Crippen MR) is 66.1 cm³/mol. The van der Waals surface area contributed by atoms with Crippen LogP contribution in [-0.2, 0) is 10.4 Å². The maximum atomic E-state index is 11.2. The third-order valence-electron chi connectivity index (χ3n) is 3.05.